The Morgan fingerprint density at radius 3 is 2.43 bits per heavy atom. The molecule has 12 heteroatoms. The quantitative estimate of drug-likeness (QED) is 0.185. The molecule has 0 aliphatic heterocycles. The van der Waals surface area contributed by atoms with E-state index < -0.39 is 32.4 Å². The minimum atomic E-state index is -4.48. The summed E-state index contributed by atoms with van der Waals surface area (Å²) in [6.07, 6.45) is 0. The molecular weight excluding hydrogens is 453 g/mol. The van der Waals surface area contributed by atoms with Gasteiger partial charge in [-0.2, -0.15) is 8.42 Å². The third kappa shape index (κ3) is 6.73. The van der Waals surface area contributed by atoms with Crippen molar-refractivity contribution in [2.45, 2.75) is 25.7 Å². The SMILES string of the molecule is CCOP(=O)(Oc1cccc(OS(=O)(=O)c2ccccc2[N+](=O)[O-])c1)SCC(C)C. The van der Waals surface area contributed by atoms with Crippen molar-refractivity contribution in [2.24, 2.45) is 5.92 Å². The summed E-state index contributed by atoms with van der Waals surface area (Å²) in [6.45, 7) is 2.26. The average molecular weight is 475 g/mol. The molecule has 0 radical (unpaired) electrons. The van der Waals surface area contributed by atoms with E-state index in [2.05, 4.69) is 0 Å². The molecule has 0 amide bonds. The lowest BCUT2D eigenvalue weighted by Crippen LogP contribution is -2.12. The van der Waals surface area contributed by atoms with Crippen LogP contribution in [0.2, 0.25) is 0 Å². The van der Waals surface area contributed by atoms with E-state index in [1.165, 1.54) is 36.4 Å². The van der Waals surface area contributed by atoms with Crippen molar-refractivity contribution in [3.8, 4) is 11.5 Å². The van der Waals surface area contributed by atoms with Gasteiger partial charge in [-0.05, 0) is 42.4 Å². The maximum absolute atomic E-state index is 12.9. The summed E-state index contributed by atoms with van der Waals surface area (Å²) in [4.78, 5) is 9.74. The van der Waals surface area contributed by atoms with Crippen molar-refractivity contribution < 1.29 is 31.1 Å². The molecule has 0 saturated carbocycles. The van der Waals surface area contributed by atoms with Gasteiger partial charge >= 0.3 is 16.9 Å². The van der Waals surface area contributed by atoms with Gasteiger partial charge in [0, 0.05) is 17.9 Å². The predicted octanol–water partition coefficient (Wildman–Crippen LogP) is 5.28. The largest absolute Gasteiger partial charge is 0.440 e. The number of benzene rings is 2. The first-order valence-corrected chi connectivity index (χ1v) is 13.5. The minimum absolute atomic E-state index is 0.0818. The number of rotatable bonds is 11. The maximum atomic E-state index is 12.9. The minimum Gasteiger partial charge on any atom is -0.417 e. The molecule has 2 rings (SSSR count). The zero-order valence-electron chi connectivity index (χ0n) is 16.6. The second-order valence-corrected chi connectivity index (χ2v) is 11.9. The molecule has 0 aliphatic rings. The molecule has 0 bridgehead atoms. The molecule has 0 N–H and O–H groups in total. The summed E-state index contributed by atoms with van der Waals surface area (Å²) >= 11 is 1.05. The van der Waals surface area contributed by atoms with Gasteiger partial charge in [0.1, 0.15) is 11.5 Å². The Balaban J connectivity index is 2.27. The van der Waals surface area contributed by atoms with E-state index in [0.29, 0.717) is 5.75 Å². The normalized spacial score (nSPS) is 13.6. The molecule has 2 aromatic carbocycles. The molecule has 2 aromatic rings. The van der Waals surface area contributed by atoms with Gasteiger partial charge in [0.25, 0.3) is 5.69 Å². The first-order chi connectivity index (χ1) is 14.1. The second kappa shape index (κ2) is 10.3. The van der Waals surface area contributed by atoms with Crippen molar-refractivity contribution in [3.05, 3.63) is 58.6 Å². The Hall–Kier alpha value is -2.07. The highest BCUT2D eigenvalue weighted by Gasteiger charge is 2.29. The summed E-state index contributed by atoms with van der Waals surface area (Å²) in [7, 11) is -4.48. The molecule has 0 aromatic heterocycles. The van der Waals surface area contributed by atoms with Crippen LogP contribution in [0.15, 0.2) is 53.4 Å². The van der Waals surface area contributed by atoms with E-state index >= 15 is 0 Å². The molecule has 30 heavy (non-hydrogen) atoms. The van der Waals surface area contributed by atoms with Gasteiger partial charge < -0.3 is 8.71 Å². The smallest absolute Gasteiger partial charge is 0.417 e. The fourth-order valence-electron chi connectivity index (χ4n) is 2.19. The van der Waals surface area contributed by atoms with Gasteiger partial charge in [-0.25, -0.2) is 4.57 Å². The van der Waals surface area contributed by atoms with Crippen molar-refractivity contribution in [2.75, 3.05) is 12.4 Å². The highest BCUT2D eigenvalue weighted by Crippen LogP contribution is 2.60. The number of para-hydroxylation sites is 1. The van der Waals surface area contributed by atoms with Crippen LogP contribution in [-0.2, 0) is 19.2 Å². The third-order valence-corrected chi connectivity index (χ3v) is 8.79. The van der Waals surface area contributed by atoms with Gasteiger partial charge in [-0.1, -0.05) is 32.0 Å². The van der Waals surface area contributed by atoms with Gasteiger partial charge in [-0.15, -0.1) is 0 Å². The van der Waals surface area contributed by atoms with Crippen LogP contribution in [0.3, 0.4) is 0 Å². The topological polar surface area (TPSA) is 122 Å². The number of nitro benzene ring substituents is 1. The average Bonchev–Trinajstić information content (AvgIpc) is 2.66. The molecule has 0 fully saturated rings. The first-order valence-electron chi connectivity index (χ1n) is 8.93. The molecule has 0 heterocycles. The highest BCUT2D eigenvalue weighted by atomic mass is 32.7. The lowest BCUT2D eigenvalue weighted by molar-refractivity contribution is -0.387. The van der Waals surface area contributed by atoms with E-state index in [9.17, 15) is 23.1 Å². The van der Waals surface area contributed by atoms with Gasteiger partial charge in [0.2, 0.25) is 0 Å². The van der Waals surface area contributed by atoms with Gasteiger partial charge in [0.15, 0.2) is 4.90 Å². The van der Waals surface area contributed by atoms with E-state index in [1.807, 2.05) is 13.8 Å². The fraction of sp³-hybridized carbons (Fsp3) is 0.333. The maximum Gasteiger partial charge on any atom is 0.440 e. The summed E-state index contributed by atoms with van der Waals surface area (Å²) in [5.41, 5.74) is -0.601. The molecule has 0 aliphatic carbocycles. The van der Waals surface area contributed by atoms with Crippen molar-refractivity contribution in [3.63, 3.8) is 0 Å². The number of hydrogen-bond acceptors (Lipinski definition) is 9. The van der Waals surface area contributed by atoms with Crippen molar-refractivity contribution in [1.82, 2.24) is 0 Å². The van der Waals surface area contributed by atoms with Gasteiger partial charge in [-0.3, -0.25) is 14.6 Å². The van der Waals surface area contributed by atoms with Crippen LogP contribution in [0.1, 0.15) is 20.8 Å². The molecule has 0 saturated heterocycles. The predicted molar refractivity (Wildman–Crippen MR) is 115 cm³/mol. The Morgan fingerprint density at radius 2 is 1.80 bits per heavy atom. The molecule has 1 unspecified atom stereocenters. The molecule has 0 spiro atoms. The zero-order valence-corrected chi connectivity index (χ0v) is 19.1. The van der Waals surface area contributed by atoms with E-state index in [1.54, 1.807) is 6.92 Å². The molecular formula is C18H22NO8PS2. The Morgan fingerprint density at radius 1 is 1.13 bits per heavy atom. The molecule has 1 atom stereocenters. The highest BCUT2D eigenvalue weighted by molar-refractivity contribution is 8.55. The third-order valence-electron chi connectivity index (χ3n) is 3.41. The lowest BCUT2D eigenvalue weighted by Gasteiger charge is -2.19. The van der Waals surface area contributed by atoms with Crippen LogP contribution in [0.5, 0.6) is 11.5 Å². The summed E-state index contributed by atoms with van der Waals surface area (Å²) in [6, 6.07) is 10.4. The van der Waals surface area contributed by atoms with Crippen LogP contribution >= 0.6 is 18.2 Å². The second-order valence-electron chi connectivity index (χ2n) is 6.38. The van der Waals surface area contributed by atoms with Crippen LogP contribution in [-0.4, -0.2) is 25.7 Å². The molecule has 9 nitrogen and oxygen atoms in total. The Bertz CT molecular complexity index is 1040. The standard InChI is InChI=1S/C18H22NO8PS2/c1-4-25-28(22,29-13-14(2)3)26-15-8-7-9-16(12-15)27-30(23,24)18-11-6-5-10-17(18)19(20)21/h5-12,14H,4,13H2,1-3H3. The van der Waals surface area contributed by atoms with Crippen LogP contribution in [0.4, 0.5) is 5.69 Å². The zero-order chi connectivity index (χ0) is 22.4. The van der Waals surface area contributed by atoms with E-state index in [-0.39, 0.29) is 24.0 Å². The first kappa shape index (κ1) is 24.2. The number of nitro groups is 1. The van der Waals surface area contributed by atoms with Crippen LogP contribution in [0, 0.1) is 16.0 Å². The fourth-order valence-corrected chi connectivity index (χ4v) is 7.03. The Kier molecular flexibility index (Phi) is 8.31. The monoisotopic (exact) mass is 475 g/mol. The van der Waals surface area contributed by atoms with Gasteiger partial charge in [0.05, 0.1) is 11.5 Å². The van der Waals surface area contributed by atoms with Crippen LogP contribution in [0.25, 0.3) is 0 Å². The number of nitrogens with zero attached hydrogens (tertiary/aromatic N) is 1. The van der Waals surface area contributed by atoms with Crippen molar-refractivity contribution >= 4 is 34.0 Å². The van der Waals surface area contributed by atoms with E-state index in [4.69, 9.17) is 13.2 Å². The van der Waals surface area contributed by atoms with Crippen molar-refractivity contribution in [1.29, 1.82) is 0 Å². The lowest BCUT2D eigenvalue weighted by atomic mass is 10.3. The van der Waals surface area contributed by atoms with Crippen LogP contribution < -0.4 is 8.71 Å². The Labute approximate surface area is 179 Å². The summed E-state index contributed by atoms with van der Waals surface area (Å²) < 4.78 is 53.9. The molecule has 164 valence electrons. The van der Waals surface area contributed by atoms with E-state index in [0.717, 1.165) is 23.5 Å². The number of hydrogen-bond donors (Lipinski definition) is 0. The summed E-state index contributed by atoms with van der Waals surface area (Å²) in [5, 5.41) is 11.1. The summed E-state index contributed by atoms with van der Waals surface area (Å²) in [5.74, 6) is 0.731.